The van der Waals surface area contributed by atoms with E-state index in [9.17, 15) is 4.79 Å². The highest BCUT2D eigenvalue weighted by atomic mass is 35.5. The number of likely N-dealkylation sites (N-methyl/N-ethyl adjacent to an activating group) is 1. The molecular weight excluding hydrogens is 398 g/mol. The lowest BCUT2D eigenvalue weighted by Gasteiger charge is -2.42. The van der Waals surface area contributed by atoms with Gasteiger partial charge in [0.15, 0.2) is 0 Å². The van der Waals surface area contributed by atoms with Gasteiger partial charge in [-0.1, -0.05) is 31.4 Å². The number of methoxy groups -OCH3 is 1. The zero-order valence-electron chi connectivity index (χ0n) is 18.8. The first-order valence-electron chi connectivity index (χ1n) is 11.2. The topological polar surface area (TPSA) is 37.7 Å². The van der Waals surface area contributed by atoms with Crippen LogP contribution in [0.25, 0.3) is 10.9 Å². The SMILES string of the molecule is COc1cccc2c(C(=O)N3C[C@@H](C)N(C)[C@@H](C)C3)cn(CC3CCCCC3)c12.Cl. The number of halogens is 1. The Kier molecular flexibility index (Phi) is 7.35. The summed E-state index contributed by atoms with van der Waals surface area (Å²) in [5, 5.41) is 1.02. The van der Waals surface area contributed by atoms with Crippen LogP contribution in [0.5, 0.6) is 5.75 Å². The summed E-state index contributed by atoms with van der Waals surface area (Å²) in [6.45, 7) is 6.92. The second kappa shape index (κ2) is 9.61. The van der Waals surface area contributed by atoms with E-state index in [-0.39, 0.29) is 18.3 Å². The fourth-order valence-electron chi connectivity index (χ4n) is 5.19. The van der Waals surface area contributed by atoms with Gasteiger partial charge in [-0.3, -0.25) is 9.69 Å². The lowest BCUT2D eigenvalue weighted by Crippen LogP contribution is -2.56. The Bertz CT molecular complexity index is 863. The third-order valence-electron chi connectivity index (χ3n) is 7.14. The Labute approximate surface area is 186 Å². The molecule has 0 bridgehead atoms. The number of ether oxygens (including phenoxy) is 1. The highest BCUT2D eigenvalue weighted by molar-refractivity contribution is 6.08. The van der Waals surface area contributed by atoms with Crippen LogP contribution in [0.2, 0.25) is 0 Å². The third kappa shape index (κ3) is 4.33. The van der Waals surface area contributed by atoms with Gasteiger partial charge in [0.2, 0.25) is 0 Å². The van der Waals surface area contributed by atoms with Gasteiger partial charge >= 0.3 is 0 Å². The minimum absolute atomic E-state index is 0. The van der Waals surface area contributed by atoms with Crippen molar-refractivity contribution in [2.24, 2.45) is 5.92 Å². The first-order valence-corrected chi connectivity index (χ1v) is 11.2. The lowest BCUT2D eigenvalue weighted by molar-refractivity contribution is 0.0415. The molecule has 4 rings (SSSR count). The molecule has 1 saturated carbocycles. The summed E-state index contributed by atoms with van der Waals surface area (Å²) in [6.07, 6.45) is 8.67. The number of benzene rings is 1. The zero-order valence-corrected chi connectivity index (χ0v) is 19.6. The minimum atomic E-state index is 0. The smallest absolute Gasteiger partial charge is 0.256 e. The fraction of sp³-hybridized carbons (Fsp3) is 0.625. The van der Waals surface area contributed by atoms with E-state index < -0.39 is 0 Å². The summed E-state index contributed by atoms with van der Waals surface area (Å²) in [6, 6.07) is 6.82. The van der Waals surface area contributed by atoms with E-state index in [0.29, 0.717) is 18.0 Å². The van der Waals surface area contributed by atoms with Crippen LogP contribution in [-0.2, 0) is 6.54 Å². The van der Waals surface area contributed by atoms with Crippen molar-refractivity contribution < 1.29 is 9.53 Å². The highest BCUT2D eigenvalue weighted by Gasteiger charge is 2.31. The maximum absolute atomic E-state index is 13.6. The highest BCUT2D eigenvalue weighted by Crippen LogP contribution is 2.34. The van der Waals surface area contributed by atoms with Gasteiger partial charge in [-0.25, -0.2) is 0 Å². The number of piperazine rings is 1. The molecule has 1 saturated heterocycles. The first-order chi connectivity index (χ1) is 14.0. The summed E-state index contributed by atoms with van der Waals surface area (Å²) >= 11 is 0. The van der Waals surface area contributed by atoms with Crippen LogP contribution in [0.1, 0.15) is 56.3 Å². The van der Waals surface area contributed by atoms with Gasteiger partial charge in [-0.05, 0) is 45.7 Å². The molecular formula is C24H36ClN3O2. The van der Waals surface area contributed by atoms with Gasteiger partial charge in [0.25, 0.3) is 5.91 Å². The molecule has 1 aliphatic heterocycles. The molecule has 0 spiro atoms. The number of nitrogens with zero attached hydrogens (tertiary/aromatic N) is 3. The Hall–Kier alpha value is -1.72. The number of rotatable bonds is 4. The fourth-order valence-corrected chi connectivity index (χ4v) is 5.19. The quantitative estimate of drug-likeness (QED) is 0.693. The van der Waals surface area contributed by atoms with Crippen molar-refractivity contribution in [2.45, 2.75) is 64.6 Å². The summed E-state index contributed by atoms with van der Waals surface area (Å²) in [5.74, 6) is 1.70. The maximum atomic E-state index is 13.6. The number of fused-ring (bicyclic) bond motifs is 1. The molecule has 0 radical (unpaired) electrons. The Morgan fingerprint density at radius 1 is 1.10 bits per heavy atom. The second-order valence-electron chi connectivity index (χ2n) is 9.13. The minimum Gasteiger partial charge on any atom is -0.495 e. The lowest BCUT2D eigenvalue weighted by atomic mass is 9.89. The van der Waals surface area contributed by atoms with Crippen molar-refractivity contribution in [2.75, 3.05) is 27.2 Å². The largest absolute Gasteiger partial charge is 0.495 e. The number of carbonyl (C=O) groups is 1. The summed E-state index contributed by atoms with van der Waals surface area (Å²) in [7, 11) is 3.87. The Balaban J connectivity index is 0.00000256. The van der Waals surface area contributed by atoms with E-state index in [1.54, 1.807) is 7.11 Å². The molecule has 1 aliphatic carbocycles. The molecule has 6 heteroatoms. The van der Waals surface area contributed by atoms with Crippen LogP contribution in [0.3, 0.4) is 0 Å². The van der Waals surface area contributed by atoms with Crippen LogP contribution in [0.15, 0.2) is 24.4 Å². The number of hydrogen-bond acceptors (Lipinski definition) is 3. The van der Waals surface area contributed by atoms with Gasteiger partial charge < -0.3 is 14.2 Å². The van der Waals surface area contributed by atoms with E-state index in [1.807, 2.05) is 17.0 Å². The van der Waals surface area contributed by atoms with Crippen molar-refractivity contribution in [3.05, 3.63) is 30.0 Å². The van der Waals surface area contributed by atoms with Crippen LogP contribution in [-0.4, -0.2) is 59.6 Å². The van der Waals surface area contributed by atoms with E-state index >= 15 is 0 Å². The summed E-state index contributed by atoms with van der Waals surface area (Å²) < 4.78 is 7.98. The van der Waals surface area contributed by atoms with Crippen LogP contribution in [0.4, 0.5) is 0 Å². The molecule has 1 amide bonds. The summed E-state index contributed by atoms with van der Waals surface area (Å²) in [4.78, 5) is 18.0. The van der Waals surface area contributed by atoms with Gasteiger partial charge in [0, 0.05) is 43.3 Å². The Morgan fingerprint density at radius 3 is 2.40 bits per heavy atom. The van der Waals surface area contributed by atoms with Gasteiger partial charge in [0.1, 0.15) is 5.75 Å². The molecule has 30 heavy (non-hydrogen) atoms. The van der Waals surface area contributed by atoms with Crippen molar-refractivity contribution in [3.63, 3.8) is 0 Å². The molecule has 2 heterocycles. The number of carbonyl (C=O) groups excluding carboxylic acids is 1. The number of amides is 1. The predicted molar refractivity (Wildman–Crippen MR) is 125 cm³/mol. The maximum Gasteiger partial charge on any atom is 0.256 e. The van der Waals surface area contributed by atoms with E-state index in [0.717, 1.165) is 41.9 Å². The van der Waals surface area contributed by atoms with E-state index in [2.05, 4.69) is 42.6 Å². The predicted octanol–water partition coefficient (Wildman–Crippen LogP) is 4.82. The van der Waals surface area contributed by atoms with Crippen LogP contribution < -0.4 is 4.74 Å². The monoisotopic (exact) mass is 433 g/mol. The third-order valence-corrected chi connectivity index (χ3v) is 7.14. The zero-order chi connectivity index (χ0) is 20.5. The molecule has 166 valence electrons. The van der Waals surface area contributed by atoms with Crippen molar-refractivity contribution in [1.82, 2.24) is 14.4 Å². The molecule has 1 aromatic heterocycles. The van der Waals surface area contributed by atoms with Crippen LogP contribution >= 0.6 is 12.4 Å². The Morgan fingerprint density at radius 2 is 1.77 bits per heavy atom. The second-order valence-corrected chi connectivity index (χ2v) is 9.13. The van der Waals surface area contributed by atoms with Gasteiger partial charge in [-0.15, -0.1) is 12.4 Å². The normalized spacial score (nSPS) is 23.4. The van der Waals surface area contributed by atoms with Crippen LogP contribution in [0, 0.1) is 5.92 Å². The molecule has 5 nitrogen and oxygen atoms in total. The number of para-hydroxylation sites is 1. The standard InChI is InChI=1S/C24H35N3O2.ClH/c1-17-13-27(14-18(2)25(17)3)24(28)21-16-26(15-19-9-6-5-7-10-19)23-20(21)11-8-12-22(23)29-4;/h8,11-12,16-19H,5-7,9-10,13-15H2,1-4H3;1H/t17-,18+;. The summed E-state index contributed by atoms with van der Waals surface area (Å²) in [5.41, 5.74) is 1.89. The molecule has 0 N–H and O–H groups in total. The van der Waals surface area contributed by atoms with E-state index in [4.69, 9.17) is 4.74 Å². The molecule has 2 fully saturated rings. The molecule has 2 aliphatic rings. The number of aromatic nitrogens is 1. The molecule has 2 atom stereocenters. The van der Waals surface area contributed by atoms with Gasteiger partial charge in [0.05, 0.1) is 18.2 Å². The van der Waals surface area contributed by atoms with E-state index in [1.165, 1.54) is 32.1 Å². The van der Waals surface area contributed by atoms with Crippen molar-refractivity contribution >= 4 is 29.2 Å². The van der Waals surface area contributed by atoms with Gasteiger partial charge in [-0.2, -0.15) is 0 Å². The number of hydrogen-bond donors (Lipinski definition) is 0. The molecule has 1 aromatic carbocycles. The molecule has 2 aromatic rings. The average molecular weight is 434 g/mol. The van der Waals surface area contributed by atoms with Crippen molar-refractivity contribution in [3.8, 4) is 5.75 Å². The average Bonchev–Trinajstić information content (AvgIpc) is 3.10. The first kappa shape index (κ1) is 23.0. The van der Waals surface area contributed by atoms with Crippen molar-refractivity contribution in [1.29, 1.82) is 0 Å². The molecule has 0 unspecified atom stereocenters.